The van der Waals surface area contributed by atoms with Crippen LogP contribution in [0.5, 0.6) is 11.6 Å². The molecule has 0 aliphatic rings. The first-order valence-electron chi connectivity index (χ1n) is 9.19. The minimum atomic E-state index is -3.50. The Kier molecular flexibility index (Phi) is 7.96. The molecule has 1 amide bonds. The van der Waals surface area contributed by atoms with E-state index in [1.807, 2.05) is 13.0 Å². The predicted octanol–water partition coefficient (Wildman–Crippen LogP) is 2.11. The van der Waals surface area contributed by atoms with Gasteiger partial charge in [0.05, 0.1) is 6.26 Å². The van der Waals surface area contributed by atoms with Gasteiger partial charge in [-0.2, -0.15) is 10.2 Å². The molecular weight excluding hydrogens is 430 g/mol. The second-order valence-electron chi connectivity index (χ2n) is 6.73. The fraction of sp³-hybridized carbons (Fsp3) is 0.444. The van der Waals surface area contributed by atoms with Crippen molar-refractivity contribution in [2.24, 2.45) is 0 Å². The highest BCUT2D eigenvalue weighted by molar-refractivity contribution is 7.92. The van der Waals surface area contributed by atoms with Gasteiger partial charge in [-0.3, -0.25) is 9.52 Å². The van der Waals surface area contributed by atoms with Gasteiger partial charge in [0.2, 0.25) is 10.0 Å². The maximum Gasteiger partial charge on any atom is 0.271 e. The summed E-state index contributed by atoms with van der Waals surface area (Å²) in [5.41, 5.74) is 0.305. The van der Waals surface area contributed by atoms with E-state index in [2.05, 4.69) is 20.0 Å². The van der Waals surface area contributed by atoms with Crippen LogP contribution >= 0.6 is 11.3 Å². The van der Waals surface area contributed by atoms with Gasteiger partial charge >= 0.3 is 0 Å². The van der Waals surface area contributed by atoms with Gasteiger partial charge in [0.1, 0.15) is 17.5 Å². The number of aromatic nitrogens is 2. The minimum absolute atomic E-state index is 0.0464. The molecule has 1 unspecified atom stereocenters. The van der Waals surface area contributed by atoms with Gasteiger partial charge < -0.3 is 15.5 Å². The lowest BCUT2D eigenvalue weighted by Crippen LogP contribution is -2.36. The molecule has 2 rings (SSSR count). The monoisotopic (exact) mass is 453 g/mol. The van der Waals surface area contributed by atoms with Crippen LogP contribution < -0.4 is 10.0 Å². The number of carbonyl (C=O) groups is 1. The fourth-order valence-corrected chi connectivity index (χ4v) is 4.31. The van der Waals surface area contributed by atoms with E-state index >= 15 is 0 Å². The van der Waals surface area contributed by atoms with Crippen LogP contribution in [0.15, 0.2) is 11.4 Å². The Hall–Kier alpha value is -2.91. The molecule has 2 aromatic rings. The lowest BCUT2D eigenvalue weighted by atomic mass is 9.99. The van der Waals surface area contributed by atoms with Crippen molar-refractivity contribution in [3.05, 3.63) is 28.4 Å². The number of rotatable bonds is 10. The number of hydrogen-bond donors (Lipinski definition) is 4. The molecule has 12 heteroatoms. The van der Waals surface area contributed by atoms with Crippen LogP contribution in [-0.4, -0.2) is 46.8 Å². The van der Waals surface area contributed by atoms with E-state index < -0.39 is 33.6 Å². The van der Waals surface area contributed by atoms with Crippen molar-refractivity contribution in [1.29, 1.82) is 5.26 Å². The molecular formula is C18H23N5O5S2. The van der Waals surface area contributed by atoms with E-state index in [1.165, 1.54) is 11.4 Å². The Morgan fingerprint density at radius 2 is 2.07 bits per heavy atom. The summed E-state index contributed by atoms with van der Waals surface area (Å²) in [6, 6.07) is 2.77. The van der Waals surface area contributed by atoms with Crippen LogP contribution in [0.2, 0.25) is 0 Å². The predicted molar refractivity (Wildman–Crippen MR) is 112 cm³/mol. The SMILES string of the molecule is CCCCCC(Cc1cc(C#N)nc(O)c1O)NC(=O)c1csc(NS(C)(=O)=O)n1. The number of thiazole rings is 1. The molecule has 0 saturated carbocycles. The first-order chi connectivity index (χ1) is 14.1. The first kappa shape index (κ1) is 23.4. The van der Waals surface area contributed by atoms with E-state index in [4.69, 9.17) is 5.26 Å². The molecule has 10 nitrogen and oxygen atoms in total. The highest BCUT2D eigenvalue weighted by Crippen LogP contribution is 2.29. The maximum atomic E-state index is 12.6. The maximum absolute atomic E-state index is 12.6. The largest absolute Gasteiger partial charge is 0.503 e. The first-order valence-corrected chi connectivity index (χ1v) is 12.0. The van der Waals surface area contributed by atoms with Gasteiger partial charge in [0, 0.05) is 17.0 Å². The fourth-order valence-electron chi connectivity index (χ4n) is 2.76. The summed E-state index contributed by atoms with van der Waals surface area (Å²) < 4.78 is 24.8. The van der Waals surface area contributed by atoms with E-state index in [0.29, 0.717) is 12.0 Å². The van der Waals surface area contributed by atoms with Crippen molar-refractivity contribution in [3.63, 3.8) is 0 Å². The Labute approximate surface area is 178 Å². The summed E-state index contributed by atoms with van der Waals surface area (Å²) in [5, 5.41) is 33.2. The lowest BCUT2D eigenvalue weighted by Gasteiger charge is -2.19. The van der Waals surface area contributed by atoms with E-state index in [1.54, 1.807) is 0 Å². The number of anilines is 1. The third kappa shape index (κ3) is 6.85. The zero-order valence-corrected chi connectivity index (χ0v) is 18.2. The van der Waals surface area contributed by atoms with Crippen LogP contribution in [0, 0.1) is 11.3 Å². The van der Waals surface area contributed by atoms with Crippen molar-refractivity contribution >= 4 is 32.4 Å². The van der Waals surface area contributed by atoms with Crippen LogP contribution in [0.25, 0.3) is 0 Å². The van der Waals surface area contributed by atoms with Crippen molar-refractivity contribution in [3.8, 4) is 17.7 Å². The number of hydrogen-bond acceptors (Lipinski definition) is 9. The normalized spacial score (nSPS) is 12.2. The Balaban J connectivity index is 2.18. The number of carbonyl (C=O) groups excluding carboxylic acids is 1. The smallest absolute Gasteiger partial charge is 0.271 e. The van der Waals surface area contributed by atoms with Gasteiger partial charge in [0.25, 0.3) is 11.8 Å². The van der Waals surface area contributed by atoms with Crippen LogP contribution in [0.4, 0.5) is 5.13 Å². The summed E-state index contributed by atoms with van der Waals surface area (Å²) in [7, 11) is -3.50. The quantitative estimate of drug-likeness (QED) is 0.397. The highest BCUT2D eigenvalue weighted by Gasteiger charge is 2.20. The number of amides is 1. The number of sulfonamides is 1. The number of nitriles is 1. The minimum Gasteiger partial charge on any atom is -0.503 e. The van der Waals surface area contributed by atoms with Gasteiger partial charge in [-0.15, -0.1) is 11.3 Å². The van der Waals surface area contributed by atoms with Crippen LogP contribution in [0.1, 0.15) is 54.4 Å². The molecule has 162 valence electrons. The second kappa shape index (κ2) is 10.2. The summed E-state index contributed by atoms with van der Waals surface area (Å²) in [5.74, 6) is -1.57. The lowest BCUT2D eigenvalue weighted by molar-refractivity contribution is 0.0929. The Bertz CT molecular complexity index is 1050. The molecule has 0 aromatic carbocycles. The molecule has 4 N–H and O–H groups in total. The molecule has 2 aromatic heterocycles. The molecule has 0 aliphatic heterocycles. The molecule has 0 aliphatic carbocycles. The summed E-state index contributed by atoms with van der Waals surface area (Å²) in [4.78, 5) is 20.2. The molecule has 30 heavy (non-hydrogen) atoms. The zero-order chi connectivity index (χ0) is 22.3. The molecule has 0 saturated heterocycles. The molecule has 1 atom stereocenters. The molecule has 0 fully saturated rings. The summed E-state index contributed by atoms with van der Waals surface area (Å²) >= 11 is 0.987. The standard InChI is InChI=1S/C18H23N5O5S2/c1-3-4-5-6-12(7-11-8-13(9-19)21-17(26)15(11)24)20-16(25)14-10-29-18(22-14)23-30(2,27)28/h8,10,12,24H,3-7H2,1-2H3,(H,20,25)(H,21,26)(H,22,23). The van der Waals surface area contributed by atoms with Crippen molar-refractivity contribution < 1.29 is 23.4 Å². The summed E-state index contributed by atoms with van der Waals surface area (Å²) in [6.45, 7) is 2.05. The number of nitrogens with one attached hydrogen (secondary N) is 2. The third-order valence-electron chi connectivity index (χ3n) is 4.14. The average Bonchev–Trinajstić information content (AvgIpc) is 3.12. The van der Waals surface area contributed by atoms with Crippen molar-refractivity contribution in [2.45, 2.75) is 45.1 Å². The van der Waals surface area contributed by atoms with E-state index in [9.17, 15) is 23.4 Å². The number of pyridine rings is 1. The summed E-state index contributed by atoms with van der Waals surface area (Å²) in [6.07, 6.45) is 4.51. The van der Waals surface area contributed by atoms with E-state index in [0.717, 1.165) is 36.9 Å². The molecule has 0 bridgehead atoms. The second-order valence-corrected chi connectivity index (χ2v) is 9.34. The molecule has 0 spiro atoms. The number of unbranched alkanes of at least 4 members (excludes halogenated alkanes) is 2. The van der Waals surface area contributed by atoms with Gasteiger partial charge in [-0.1, -0.05) is 26.2 Å². The van der Waals surface area contributed by atoms with Crippen molar-refractivity contribution in [1.82, 2.24) is 15.3 Å². The Morgan fingerprint density at radius 1 is 1.33 bits per heavy atom. The molecule has 0 radical (unpaired) electrons. The van der Waals surface area contributed by atoms with Crippen LogP contribution in [-0.2, 0) is 16.4 Å². The third-order valence-corrected chi connectivity index (χ3v) is 5.59. The van der Waals surface area contributed by atoms with Gasteiger partial charge in [-0.05, 0) is 18.9 Å². The number of nitrogens with zero attached hydrogens (tertiary/aromatic N) is 3. The Morgan fingerprint density at radius 3 is 2.70 bits per heavy atom. The zero-order valence-electron chi connectivity index (χ0n) is 16.5. The molecule has 2 heterocycles. The van der Waals surface area contributed by atoms with Crippen LogP contribution in [0.3, 0.4) is 0 Å². The highest BCUT2D eigenvalue weighted by atomic mass is 32.2. The number of aromatic hydroxyl groups is 2. The van der Waals surface area contributed by atoms with E-state index in [-0.39, 0.29) is 22.9 Å². The van der Waals surface area contributed by atoms with Gasteiger partial charge in [-0.25, -0.2) is 13.4 Å². The average molecular weight is 454 g/mol. The van der Waals surface area contributed by atoms with Crippen molar-refractivity contribution in [2.75, 3.05) is 11.0 Å². The van der Waals surface area contributed by atoms with Gasteiger partial charge in [0.15, 0.2) is 10.9 Å². The topological polar surface area (TPSA) is 165 Å².